The SMILES string of the molecule is Cc1cc(C)n(-c2ccc(SC(C)C(=O)NC3CCCCC3)nn2)n1. The van der Waals surface area contributed by atoms with Gasteiger partial charge in [-0.3, -0.25) is 4.79 Å². The Bertz CT molecular complexity index is 722. The van der Waals surface area contributed by atoms with Crippen LogP contribution in [0.4, 0.5) is 0 Å². The van der Waals surface area contributed by atoms with Crippen LogP contribution in [-0.4, -0.2) is 37.2 Å². The molecule has 0 spiro atoms. The molecule has 0 saturated heterocycles. The highest BCUT2D eigenvalue weighted by Gasteiger charge is 2.21. The first kappa shape index (κ1) is 17.9. The summed E-state index contributed by atoms with van der Waals surface area (Å²) in [6, 6.07) is 6.12. The molecule has 1 N–H and O–H groups in total. The zero-order valence-electron chi connectivity index (χ0n) is 15.0. The Labute approximate surface area is 152 Å². The summed E-state index contributed by atoms with van der Waals surface area (Å²) in [4.78, 5) is 12.4. The lowest BCUT2D eigenvalue weighted by Gasteiger charge is -2.24. The average molecular weight is 359 g/mol. The molecule has 0 aromatic carbocycles. The van der Waals surface area contributed by atoms with E-state index in [-0.39, 0.29) is 11.2 Å². The minimum atomic E-state index is -0.184. The average Bonchev–Trinajstić information content (AvgIpc) is 2.95. The van der Waals surface area contributed by atoms with Crippen molar-refractivity contribution in [1.82, 2.24) is 25.3 Å². The number of thioether (sulfide) groups is 1. The molecule has 0 aliphatic heterocycles. The van der Waals surface area contributed by atoms with E-state index in [0.29, 0.717) is 11.9 Å². The molecule has 25 heavy (non-hydrogen) atoms. The fraction of sp³-hybridized carbons (Fsp3) is 0.556. The summed E-state index contributed by atoms with van der Waals surface area (Å²) in [5.41, 5.74) is 1.97. The number of hydrogen-bond donors (Lipinski definition) is 1. The van der Waals surface area contributed by atoms with Crippen LogP contribution < -0.4 is 5.32 Å². The number of nitrogens with zero attached hydrogens (tertiary/aromatic N) is 4. The molecular weight excluding hydrogens is 334 g/mol. The molecule has 2 aromatic heterocycles. The Morgan fingerprint density at radius 3 is 2.60 bits per heavy atom. The Morgan fingerprint density at radius 2 is 2.00 bits per heavy atom. The molecule has 2 heterocycles. The number of aromatic nitrogens is 4. The molecule has 0 radical (unpaired) electrons. The summed E-state index contributed by atoms with van der Waals surface area (Å²) in [5, 5.41) is 16.6. The molecule has 1 aliphatic carbocycles. The molecule has 1 unspecified atom stereocenters. The lowest BCUT2D eigenvalue weighted by atomic mass is 9.95. The monoisotopic (exact) mass is 359 g/mol. The number of amides is 1. The largest absolute Gasteiger partial charge is 0.352 e. The summed E-state index contributed by atoms with van der Waals surface area (Å²) in [5.74, 6) is 0.774. The van der Waals surface area contributed by atoms with Crippen LogP contribution in [0.25, 0.3) is 5.82 Å². The van der Waals surface area contributed by atoms with Crippen LogP contribution in [0.3, 0.4) is 0 Å². The zero-order valence-corrected chi connectivity index (χ0v) is 15.8. The van der Waals surface area contributed by atoms with Gasteiger partial charge in [-0.1, -0.05) is 31.0 Å². The Hall–Kier alpha value is -1.89. The van der Waals surface area contributed by atoms with Gasteiger partial charge in [0.1, 0.15) is 5.03 Å². The maximum absolute atomic E-state index is 12.4. The smallest absolute Gasteiger partial charge is 0.233 e. The molecule has 1 atom stereocenters. The third kappa shape index (κ3) is 4.60. The van der Waals surface area contributed by atoms with E-state index in [9.17, 15) is 4.79 Å². The highest BCUT2D eigenvalue weighted by molar-refractivity contribution is 8.00. The summed E-state index contributed by atoms with van der Waals surface area (Å²) in [6.45, 7) is 5.86. The van der Waals surface area contributed by atoms with Gasteiger partial charge in [0, 0.05) is 11.7 Å². The molecule has 3 rings (SSSR count). The number of carbonyl (C=O) groups excluding carboxylic acids is 1. The standard InChI is InChI=1S/C18H25N5OS/c1-12-11-13(2)23(22-12)16-9-10-17(21-20-16)25-14(3)18(24)19-15-7-5-4-6-8-15/h9-11,14-15H,4-8H2,1-3H3,(H,19,24). The van der Waals surface area contributed by atoms with Crippen LogP contribution >= 0.6 is 11.8 Å². The maximum atomic E-state index is 12.4. The van der Waals surface area contributed by atoms with Crippen molar-refractivity contribution in [3.8, 4) is 5.82 Å². The van der Waals surface area contributed by atoms with Crippen LogP contribution in [0, 0.1) is 13.8 Å². The normalized spacial score (nSPS) is 16.6. The third-order valence-electron chi connectivity index (χ3n) is 4.47. The Kier molecular flexibility index (Phi) is 5.73. The minimum Gasteiger partial charge on any atom is -0.352 e. The second-order valence-corrected chi connectivity index (χ2v) is 8.03. The van der Waals surface area contributed by atoms with Crippen molar-refractivity contribution < 1.29 is 4.79 Å². The van der Waals surface area contributed by atoms with E-state index in [1.807, 2.05) is 39.0 Å². The van der Waals surface area contributed by atoms with Gasteiger partial charge in [-0.05, 0) is 51.8 Å². The second kappa shape index (κ2) is 7.99. The van der Waals surface area contributed by atoms with Crippen molar-refractivity contribution >= 4 is 17.7 Å². The summed E-state index contributed by atoms with van der Waals surface area (Å²) in [6.07, 6.45) is 5.91. The summed E-state index contributed by atoms with van der Waals surface area (Å²) < 4.78 is 1.77. The van der Waals surface area contributed by atoms with Crippen LogP contribution in [0.2, 0.25) is 0 Å². The van der Waals surface area contributed by atoms with Crippen molar-refractivity contribution in [2.45, 2.75) is 69.2 Å². The van der Waals surface area contributed by atoms with E-state index in [0.717, 1.165) is 29.3 Å². The first-order chi connectivity index (χ1) is 12.0. The summed E-state index contributed by atoms with van der Waals surface area (Å²) in [7, 11) is 0. The summed E-state index contributed by atoms with van der Waals surface area (Å²) >= 11 is 1.44. The molecule has 1 fully saturated rings. The molecular formula is C18H25N5OS. The van der Waals surface area contributed by atoms with Gasteiger partial charge in [-0.15, -0.1) is 10.2 Å². The molecule has 1 amide bonds. The highest BCUT2D eigenvalue weighted by atomic mass is 32.2. The van der Waals surface area contributed by atoms with Gasteiger partial charge in [0.25, 0.3) is 0 Å². The molecule has 6 nitrogen and oxygen atoms in total. The van der Waals surface area contributed by atoms with E-state index in [1.165, 1.54) is 31.0 Å². The Balaban J connectivity index is 1.58. The fourth-order valence-corrected chi connectivity index (χ4v) is 3.92. The first-order valence-corrected chi connectivity index (χ1v) is 9.75. The number of nitrogens with one attached hydrogen (secondary N) is 1. The maximum Gasteiger partial charge on any atom is 0.233 e. The number of rotatable bonds is 5. The molecule has 1 aliphatic rings. The van der Waals surface area contributed by atoms with Gasteiger partial charge < -0.3 is 5.32 Å². The van der Waals surface area contributed by atoms with Crippen molar-refractivity contribution in [2.75, 3.05) is 0 Å². The van der Waals surface area contributed by atoms with Crippen molar-refractivity contribution in [1.29, 1.82) is 0 Å². The molecule has 7 heteroatoms. The van der Waals surface area contributed by atoms with E-state index in [1.54, 1.807) is 4.68 Å². The zero-order chi connectivity index (χ0) is 17.8. The topological polar surface area (TPSA) is 72.7 Å². The fourth-order valence-electron chi connectivity index (χ4n) is 3.15. The van der Waals surface area contributed by atoms with E-state index in [4.69, 9.17) is 0 Å². The predicted octanol–water partition coefficient (Wildman–Crippen LogP) is 3.21. The van der Waals surface area contributed by atoms with Gasteiger partial charge >= 0.3 is 0 Å². The lowest BCUT2D eigenvalue weighted by molar-refractivity contribution is -0.121. The van der Waals surface area contributed by atoms with Gasteiger partial charge in [0.05, 0.1) is 10.9 Å². The van der Waals surface area contributed by atoms with Gasteiger partial charge in [0.2, 0.25) is 5.91 Å². The minimum absolute atomic E-state index is 0.0846. The van der Waals surface area contributed by atoms with E-state index in [2.05, 4.69) is 20.6 Å². The van der Waals surface area contributed by atoms with E-state index >= 15 is 0 Å². The number of carbonyl (C=O) groups is 1. The molecule has 134 valence electrons. The van der Waals surface area contributed by atoms with Crippen LogP contribution in [0.5, 0.6) is 0 Å². The highest BCUT2D eigenvalue weighted by Crippen LogP contribution is 2.23. The van der Waals surface area contributed by atoms with Crippen molar-refractivity contribution in [3.63, 3.8) is 0 Å². The third-order valence-corrected chi connectivity index (χ3v) is 5.50. The van der Waals surface area contributed by atoms with Gasteiger partial charge in [0.15, 0.2) is 5.82 Å². The molecule has 2 aromatic rings. The molecule has 1 saturated carbocycles. The molecule has 0 bridgehead atoms. The number of aryl methyl sites for hydroxylation is 2. The van der Waals surface area contributed by atoms with E-state index < -0.39 is 0 Å². The van der Waals surface area contributed by atoms with Crippen LogP contribution in [-0.2, 0) is 4.79 Å². The predicted molar refractivity (Wildman–Crippen MR) is 99.0 cm³/mol. The second-order valence-electron chi connectivity index (χ2n) is 6.67. The van der Waals surface area contributed by atoms with Crippen LogP contribution in [0.1, 0.15) is 50.4 Å². The van der Waals surface area contributed by atoms with Crippen molar-refractivity contribution in [2.24, 2.45) is 0 Å². The van der Waals surface area contributed by atoms with Crippen molar-refractivity contribution in [3.05, 3.63) is 29.6 Å². The first-order valence-electron chi connectivity index (χ1n) is 8.87. The van der Waals surface area contributed by atoms with Gasteiger partial charge in [-0.2, -0.15) is 5.10 Å². The number of hydrogen-bond acceptors (Lipinski definition) is 5. The quantitative estimate of drug-likeness (QED) is 0.830. The van der Waals surface area contributed by atoms with Gasteiger partial charge in [-0.25, -0.2) is 4.68 Å². The lowest BCUT2D eigenvalue weighted by Crippen LogP contribution is -2.40. The Morgan fingerprint density at radius 1 is 1.24 bits per heavy atom. The van der Waals surface area contributed by atoms with Crippen LogP contribution in [0.15, 0.2) is 23.2 Å².